The molecular formula is C12H15N3O3S. The normalized spacial score (nSPS) is 14.3. The molecule has 0 saturated carbocycles. The van der Waals surface area contributed by atoms with E-state index in [9.17, 15) is 4.79 Å². The van der Waals surface area contributed by atoms with Crippen molar-refractivity contribution >= 4 is 17.3 Å². The molecule has 2 unspecified atom stereocenters. The van der Waals surface area contributed by atoms with Gasteiger partial charge in [-0.15, -0.1) is 11.3 Å². The van der Waals surface area contributed by atoms with Crippen molar-refractivity contribution < 1.29 is 14.4 Å². The Morgan fingerprint density at radius 3 is 2.79 bits per heavy atom. The highest BCUT2D eigenvalue weighted by Crippen LogP contribution is 2.23. The summed E-state index contributed by atoms with van der Waals surface area (Å²) < 4.78 is 5.13. The first kappa shape index (κ1) is 13.7. The van der Waals surface area contributed by atoms with E-state index < -0.39 is 11.9 Å². The van der Waals surface area contributed by atoms with Crippen molar-refractivity contribution in [3.63, 3.8) is 0 Å². The molecule has 0 aliphatic carbocycles. The van der Waals surface area contributed by atoms with Gasteiger partial charge in [-0.2, -0.15) is 4.98 Å². The summed E-state index contributed by atoms with van der Waals surface area (Å²) in [7, 11) is 0. The zero-order valence-electron chi connectivity index (χ0n) is 11.0. The van der Waals surface area contributed by atoms with Gasteiger partial charge in [0.15, 0.2) is 5.82 Å². The van der Waals surface area contributed by atoms with Crippen LogP contribution in [0.25, 0.3) is 0 Å². The monoisotopic (exact) mass is 281 g/mol. The van der Waals surface area contributed by atoms with Gasteiger partial charge < -0.3 is 9.63 Å². The fourth-order valence-corrected chi connectivity index (χ4v) is 2.34. The Kier molecular flexibility index (Phi) is 3.94. The van der Waals surface area contributed by atoms with Crippen molar-refractivity contribution in [3.8, 4) is 0 Å². The van der Waals surface area contributed by atoms with Crippen LogP contribution in [0.4, 0.5) is 0 Å². The Balaban J connectivity index is 2.08. The molecule has 0 saturated heterocycles. The average molecular weight is 281 g/mol. The van der Waals surface area contributed by atoms with Gasteiger partial charge in [-0.1, -0.05) is 19.0 Å². The number of thiazole rings is 1. The summed E-state index contributed by atoms with van der Waals surface area (Å²) in [6.07, 6.45) is 0.510. The number of carboxylic acid groups (broad SMARTS) is 1. The lowest BCUT2D eigenvalue weighted by Gasteiger charge is -2.10. The van der Waals surface area contributed by atoms with Crippen LogP contribution < -0.4 is 0 Å². The van der Waals surface area contributed by atoms with E-state index in [1.54, 1.807) is 25.2 Å². The lowest BCUT2D eigenvalue weighted by atomic mass is 9.96. The van der Waals surface area contributed by atoms with Crippen molar-refractivity contribution in [3.05, 3.63) is 27.8 Å². The SMILES string of the molecule is Cc1csc(Cc2noc(C(C)C(C)C(=O)O)n2)n1. The second-order valence-electron chi connectivity index (χ2n) is 4.52. The summed E-state index contributed by atoms with van der Waals surface area (Å²) in [6.45, 7) is 5.32. The van der Waals surface area contributed by atoms with E-state index in [2.05, 4.69) is 15.1 Å². The maximum absolute atomic E-state index is 10.9. The number of aliphatic carboxylic acids is 1. The van der Waals surface area contributed by atoms with Gasteiger partial charge in [-0.3, -0.25) is 4.79 Å². The topological polar surface area (TPSA) is 89.1 Å². The number of aryl methyl sites for hydroxylation is 1. The first-order valence-corrected chi connectivity index (χ1v) is 6.81. The molecule has 0 aliphatic heterocycles. The second-order valence-corrected chi connectivity index (χ2v) is 5.47. The molecule has 19 heavy (non-hydrogen) atoms. The predicted molar refractivity (Wildman–Crippen MR) is 69.2 cm³/mol. The predicted octanol–water partition coefficient (Wildman–Crippen LogP) is 2.25. The van der Waals surface area contributed by atoms with Crippen molar-refractivity contribution in [2.45, 2.75) is 33.1 Å². The summed E-state index contributed by atoms with van der Waals surface area (Å²) >= 11 is 1.55. The van der Waals surface area contributed by atoms with Crippen molar-refractivity contribution in [2.24, 2.45) is 5.92 Å². The van der Waals surface area contributed by atoms with Crippen LogP contribution in [0.2, 0.25) is 0 Å². The van der Waals surface area contributed by atoms with Crippen LogP contribution in [0.3, 0.4) is 0 Å². The minimum atomic E-state index is -0.872. The molecule has 0 spiro atoms. The molecule has 0 fully saturated rings. The van der Waals surface area contributed by atoms with E-state index in [1.807, 2.05) is 12.3 Å². The first-order chi connectivity index (χ1) is 8.97. The Hall–Kier alpha value is -1.76. The Morgan fingerprint density at radius 2 is 2.21 bits per heavy atom. The minimum Gasteiger partial charge on any atom is -0.481 e. The molecule has 0 aromatic carbocycles. The number of aromatic nitrogens is 3. The molecule has 6 nitrogen and oxygen atoms in total. The maximum Gasteiger partial charge on any atom is 0.307 e. The fourth-order valence-electron chi connectivity index (χ4n) is 1.57. The zero-order chi connectivity index (χ0) is 14.0. The van der Waals surface area contributed by atoms with Crippen LogP contribution in [0.15, 0.2) is 9.90 Å². The van der Waals surface area contributed by atoms with Crippen LogP contribution >= 0.6 is 11.3 Å². The average Bonchev–Trinajstić information content (AvgIpc) is 2.97. The Bertz CT molecular complexity index is 578. The van der Waals surface area contributed by atoms with Crippen LogP contribution in [0, 0.1) is 12.8 Å². The van der Waals surface area contributed by atoms with Crippen LogP contribution in [-0.2, 0) is 11.2 Å². The number of nitrogens with zero attached hydrogens (tertiary/aromatic N) is 3. The minimum absolute atomic E-state index is 0.309. The third-order valence-electron chi connectivity index (χ3n) is 2.99. The highest BCUT2D eigenvalue weighted by atomic mass is 32.1. The number of carbonyl (C=O) groups is 1. The fraction of sp³-hybridized carbons (Fsp3) is 0.500. The molecule has 0 radical (unpaired) electrons. The molecule has 7 heteroatoms. The highest BCUT2D eigenvalue weighted by Gasteiger charge is 2.26. The molecule has 0 aliphatic rings. The largest absolute Gasteiger partial charge is 0.481 e. The molecule has 0 bridgehead atoms. The molecule has 2 aromatic heterocycles. The number of hydrogen-bond donors (Lipinski definition) is 1. The van der Waals surface area contributed by atoms with Gasteiger partial charge in [0.1, 0.15) is 5.01 Å². The molecule has 2 heterocycles. The zero-order valence-corrected chi connectivity index (χ0v) is 11.8. The van der Waals surface area contributed by atoms with Gasteiger partial charge in [0.2, 0.25) is 5.89 Å². The van der Waals surface area contributed by atoms with Gasteiger partial charge in [0.25, 0.3) is 0 Å². The molecular weight excluding hydrogens is 266 g/mol. The van der Waals surface area contributed by atoms with Crippen LogP contribution in [0.5, 0.6) is 0 Å². The molecule has 2 atom stereocenters. The lowest BCUT2D eigenvalue weighted by Crippen LogP contribution is -2.16. The van der Waals surface area contributed by atoms with E-state index in [4.69, 9.17) is 9.63 Å². The smallest absolute Gasteiger partial charge is 0.307 e. The standard InChI is InChI=1S/C12H15N3O3S/c1-6-5-19-10(13-6)4-9-14-11(18-15-9)7(2)8(3)12(16)17/h5,7-8H,4H2,1-3H3,(H,16,17). The van der Waals surface area contributed by atoms with Gasteiger partial charge in [0.05, 0.1) is 12.3 Å². The second kappa shape index (κ2) is 5.48. The van der Waals surface area contributed by atoms with Gasteiger partial charge in [0, 0.05) is 17.0 Å². The third kappa shape index (κ3) is 3.17. The van der Waals surface area contributed by atoms with Crippen LogP contribution in [0.1, 0.15) is 42.2 Å². The maximum atomic E-state index is 10.9. The molecule has 2 rings (SSSR count). The molecule has 2 aromatic rings. The lowest BCUT2D eigenvalue weighted by molar-refractivity contribution is -0.141. The van der Waals surface area contributed by atoms with E-state index in [1.165, 1.54) is 0 Å². The number of carboxylic acids is 1. The van der Waals surface area contributed by atoms with E-state index in [-0.39, 0.29) is 5.92 Å². The number of hydrogen-bond acceptors (Lipinski definition) is 6. The summed E-state index contributed by atoms with van der Waals surface area (Å²) in [5, 5.41) is 15.7. The number of rotatable bonds is 5. The molecule has 0 amide bonds. The van der Waals surface area contributed by atoms with E-state index in [0.29, 0.717) is 18.1 Å². The molecule has 102 valence electrons. The van der Waals surface area contributed by atoms with E-state index >= 15 is 0 Å². The first-order valence-electron chi connectivity index (χ1n) is 5.93. The van der Waals surface area contributed by atoms with E-state index in [0.717, 1.165) is 10.7 Å². The van der Waals surface area contributed by atoms with Gasteiger partial charge >= 0.3 is 5.97 Å². The van der Waals surface area contributed by atoms with Crippen molar-refractivity contribution in [1.29, 1.82) is 0 Å². The molecule has 1 N–H and O–H groups in total. The van der Waals surface area contributed by atoms with Crippen molar-refractivity contribution in [1.82, 2.24) is 15.1 Å². The summed E-state index contributed by atoms with van der Waals surface area (Å²) in [5.41, 5.74) is 0.969. The summed E-state index contributed by atoms with van der Waals surface area (Å²) in [4.78, 5) is 19.5. The summed E-state index contributed by atoms with van der Waals surface area (Å²) in [6, 6.07) is 0. The highest BCUT2D eigenvalue weighted by molar-refractivity contribution is 7.09. The third-order valence-corrected chi connectivity index (χ3v) is 3.96. The van der Waals surface area contributed by atoms with Crippen LogP contribution in [-0.4, -0.2) is 26.2 Å². The summed E-state index contributed by atoms with van der Waals surface area (Å²) in [5.74, 6) is -0.845. The quantitative estimate of drug-likeness (QED) is 0.904. The Labute approximate surface area is 114 Å². The van der Waals surface area contributed by atoms with Gasteiger partial charge in [-0.25, -0.2) is 4.98 Å². The van der Waals surface area contributed by atoms with Gasteiger partial charge in [-0.05, 0) is 6.92 Å². The Morgan fingerprint density at radius 1 is 1.47 bits per heavy atom. The van der Waals surface area contributed by atoms with Crippen molar-refractivity contribution in [2.75, 3.05) is 0 Å².